The summed E-state index contributed by atoms with van der Waals surface area (Å²) in [6.07, 6.45) is 1.71. The van der Waals surface area contributed by atoms with Crippen molar-refractivity contribution in [3.8, 4) is 17.0 Å². The van der Waals surface area contributed by atoms with Crippen molar-refractivity contribution in [2.45, 2.75) is 38.9 Å². The summed E-state index contributed by atoms with van der Waals surface area (Å²) >= 11 is 6.16. The zero-order valence-electron chi connectivity index (χ0n) is 14.7. The number of aromatic nitrogens is 1. The first-order chi connectivity index (χ1) is 11.0. The smallest absolute Gasteiger partial charge is 0.489 e. The lowest BCUT2D eigenvalue weighted by Gasteiger charge is -2.36. The minimum absolute atomic E-state index is 0.0598. The summed E-state index contributed by atoms with van der Waals surface area (Å²) < 4.78 is 6.36. The Kier molecular flexibility index (Phi) is 5.44. The molecule has 0 bridgehead atoms. The SMILES string of the molecule is CC(C)(C)[Si](C)(C)Oc1ncccc1-c1ccc(B(O)O)c(Cl)c1. The van der Waals surface area contributed by atoms with E-state index in [0.29, 0.717) is 10.9 Å². The summed E-state index contributed by atoms with van der Waals surface area (Å²) in [5.41, 5.74) is 1.94. The third-order valence-electron chi connectivity index (χ3n) is 4.52. The maximum atomic E-state index is 9.30. The number of benzene rings is 1. The van der Waals surface area contributed by atoms with Crippen molar-refractivity contribution in [1.82, 2.24) is 4.98 Å². The van der Waals surface area contributed by atoms with Crippen LogP contribution in [0.5, 0.6) is 5.88 Å². The molecule has 2 N–H and O–H groups in total. The van der Waals surface area contributed by atoms with Crippen LogP contribution in [0.1, 0.15) is 20.8 Å². The Morgan fingerprint density at radius 1 is 1.17 bits per heavy atom. The molecule has 0 unspecified atom stereocenters. The molecule has 0 aliphatic rings. The molecule has 1 aromatic carbocycles. The van der Waals surface area contributed by atoms with E-state index in [1.54, 1.807) is 24.4 Å². The Morgan fingerprint density at radius 2 is 1.83 bits per heavy atom. The van der Waals surface area contributed by atoms with Gasteiger partial charge in [-0.3, -0.25) is 0 Å². The fourth-order valence-electron chi connectivity index (χ4n) is 1.99. The summed E-state index contributed by atoms with van der Waals surface area (Å²) in [6.45, 7) is 10.9. The average molecular weight is 364 g/mol. The van der Waals surface area contributed by atoms with Gasteiger partial charge in [0.1, 0.15) is 0 Å². The third-order valence-corrected chi connectivity index (χ3v) is 9.16. The zero-order chi connectivity index (χ0) is 18.1. The van der Waals surface area contributed by atoms with Gasteiger partial charge in [-0.25, -0.2) is 4.98 Å². The highest BCUT2D eigenvalue weighted by Gasteiger charge is 2.39. The number of nitrogens with zero attached hydrogens (tertiary/aromatic N) is 1. The van der Waals surface area contributed by atoms with Gasteiger partial charge in [0.05, 0.1) is 0 Å². The molecule has 2 aromatic rings. The van der Waals surface area contributed by atoms with Gasteiger partial charge in [-0.2, -0.15) is 0 Å². The molecule has 0 fully saturated rings. The topological polar surface area (TPSA) is 62.6 Å². The Balaban J connectivity index is 2.45. The summed E-state index contributed by atoms with van der Waals surface area (Å²) in [7, 11) is -3.62. The molecule has 0 aliphatic heterocycles. The van der Waals surface area contributed by atoms with Crippen LogP contribution in [0.4, 0.5) is 0 Å². The van der Waals surface area contributed by atoms with Crippen molar-refractivity contribution < 1.29 is 14.5 Å². The second-order valence-corrected chi connectivity index (χ2v) is 12.5. The normalized spacial score (nSPS) is 12.2. The molecule has 7 heteroatoms. The number of hydrogen-bond acceptors (Lipinski definition) is 4. The number of hydrogen-bond donors (Lipinski definition) is 2. The van der Waals surface area contributed by atoms with Crippen LogP contribution in [0.2, 0.25) is 23.2 Å². The first-order valence-corrected chi connectivity index (χ1v) is 11.1. The Labute approximate surface area is 149 Å². The maximum absolute atomic E-state index is 9.30. The molecule has 128 valence electrons. The van der Waals surface area contributed by atoms with Gasteiger partial charge in [-0.15, -0.1) is 0 Å². The van der Waals surface area contributed by atoms with Gasteiger partial charge >= 0.3 is 7.12 Å². The number of pyridine rings is 1. The van der Waals surface area contributed by atoms with Crippen LogP contribution in [0, 0.1) is 0 Å². The van der Waals surface area contributed by atoms with Crippen molar-refractivity contribution >= 4 is 32.5 Å². The lowest BCUT2D eigenvalue weighted by atomic mass is 9.79. The molecule has 0 amide bonds. The molecule has 1 aromatic heterocycles. The Morgan fingerprint density at radius 3 is 2.38 bits per heavy atom. The largest absolute Gasteiger partial charge is 0.530 e. The van der Waals surface area contributed by atoms with Crippen LogP contribution in [-0.2, 0) is 0 Å². The van der Waals surface area contributed by atoms with E-state index in [0.717, 1.165) is 11.1 Å². The second-order valence-electron chi connectivity index (χ2n) is 7.33. The molecule has 0 radical (unpaired) electrons. The van der Waals surface area contributed by atoms with Gasteiger partial charge in [0.25, 0.3) is 8.32 Å². The van der Waals surface area contributed by atoms with E-state index in [9.17, 15) is 10.0 Å². The first kappa shape index (κ1) is 19.0. The zero-order valence-corrected chi connectivity index (χ0v) is 16.4. The van der Waals surface area contributed by atoms with Crippen molar-refractivity contribution in [3.63, 3.8) is 0 Å². The molecule has 0 saturated heterocycles. The minimum Gasteiger partial charge on any atom is -0.530 e. The molecule has 0 spiro atoms. The quantitative estimate of drug-likeness (QED) is 0.817. The molecule has 1 heterocycles. The van der Waals surface area contributed by atoms with E-state index in [-0.39, 0.29) is 10.5 Å². The number of rotatable bonds is 4. The molecule has 4 nitrogen and oxygen atoms in total. The van der Waals surface area contributed by atoms with Crippen LogP contribution in [0.3, 0.4) is 0 Å². The van der Waals surface area contributed by atoms with E-state index >= 15 is 0 Å². The molecular weight excluding hydrogens is 341 g/mol. The lowest BCUT2D eigenvalue weighted by Crippen LogP contribution is -2.44. The van der Waals surface area contributed by atoms with Gasteiger partial charge in [-0.1, -0.05) is 44.5 Å². The van der Waals surface area contributed by atoms with E-state index in [1.165, 1.54) is 0 Å². The first-order valence-electron chi connectivity index (χ1n) is 7.83. The highest BCUT2D eigenvalue weighted by atomic mass is 35.5. The van der Waals surface area contributed by atoms with Crippen LogP contribution in [-0.4, -0.2) is 30.5 Å². The monoisotopic (exact) mass is 363 g/mol. The van der Waals surface area contributed by atoms with Crippen LogP contribution in [0.15, 0.2) is 36.5 Å². The second kappa shape index (κ2) is 6.88. The van der Waals surface area contributed by atoms with Crippen molar-refractivity contribution in [1.29, 1.82) is 0 Å². The summed E-state index contributed by atoms with van der Waals surface area (Å²) in [6, 6.07) is 8.86. The fourth-order valence-corrected chi connectivity index (χ4v) is 3.22. The molecule has 24 heavy (non-hydrogen) atoms. The summed E-state index contributed by atoms with van der Waals surface area (Å²) in [5.74, 6) is 0.581. The third kappa shape index (κ3) is 4.00. The van der Waals surface area contributed by atoms with Crippen LogP contribution < -0.4 is 9.89 Å². The van der Waals surface area contributed by atoms with Crippen molar-refractivity contribution in [3.05, 3.63) is 41.6 Å². The highest BCUT2D eigenvalue weighted by Crippen LogP contribution is 2.39. The molecule has 0 aliphatic carbocycles. The Hall–Kier alpha value is -1.34. The molecular formula is C17H23BClNO3Si. The van der Waals surface area contributed by atoms with Crippen molar-refractivity contribution in [2.24, 2.45) is 0 Å². The minimum atomic E-state index is -2.03. The number of halogens is 1. The predicted octanol–water partition coefficient (Wildman–Crippen LogP) is 3.47. The van der Waals surface area contributed by atoms with E-state index in [4.69, 9.17) is 16.0 Å². The van der Waals surface area contributed by atoms with Crippen LogP contribution >= 0.6 is 11.6 Å². The Bertz CT molecular complexity index is 732. The van der Waals surface area contributed by atoms with E-state index in [1.807, 2.05) is 12.1 Å². The van der Waals surface area contributed by atoms with Gasteiger partial charge in [0.2, 0.25) is 5.88 Å². The molecule has 0 atom stereocenters. The molecule has 2 rings (SSSR count). The maximum Gasteiger partial charge on any atom is 0.489 e. The van der Waals surface area contributed by atoms with Gasteiger partial charge in [0, 0.05) is 22.2 Å². The average Bonchev–Trinajstić information content (AvgIpc) is 2.45. The van der Waals surface area contributed by atoms with Crippen LogP contribution in [0.25, 0.3) is 11.1 Å². The summed E-state index contributed by atoms with van der Waals surface area (Å²) in [4.78, 5) is 4.41. The lowest BCUT2D eigenvalue weighted by molar-refractivity contribution is 0.426. The molecule has 0 saturated carbocycles. The van der Waals surface area contributed by atoms with Gasteiger partial charge in [-0.05, 0) is 41.9 Å². The fraction of sp³-hybridized carbons (Fsp3) is 0.353. The van der Waals surface area contributed by atoms with E-state index < -0.39 is 15.4 Å². The predicted molar refractivity (Wildman–Crippen MR) is 102 cm³/mol. The van der Waals surface area contributed by atoms with E-state index in [2.05, 4.69) is 38.8 Å². The summed E-state index contributed by atoms with van der Waals surface area (Å²) in [5, 5.41) is 19.0. The van der Waals surface area contributed by atoms with Gasteiger partial charge in [0.15, 0.2) is 0 Å². The van der Waals surface area contributed by atoms with Gasteiger partial charge < -0.3 is 14.5 Å². The van der Waals surface area contributed by atoms with Crippen molar-refractivity contribution in [2.75, 3.05) is 0 Å². The highest BCUT2D eigenvalue weighted by molar-refractivity contribution is 6.74. The standard InChI is InChI=1S/C17H23BClNO3Si/c1-17(2,3)24(4,5)23-16-13(7-6-10-20-16)12-8-9-14(18(21)22)15(19)11-12/h6-11,21-22H,1-5H3.